The second-order valence-electron chi connectivity index (χ2n) is 4.88. The zero-order valence-electron chi connectivity index (χ0n) is 12.2. The molecule has 1 heterocycles. The standard InChI is InChI=1S/C16H20N2O3/c1-2-21-15(19)10-4-3-7-11-18-12-17-14-9-6-5-8-13(14)16(18)20/h5-6,8-9,12H,2-4,7,10-11H2,1H3. The summed E-state index contributed by atoms with van der Waals surface area (Å²) < 4.78 is 6.50. The normalized spacial score (nSPS) is 10.7. The lowest BCUT2D eigenvalue weighted by atomic mass is 10.2. The number of carbonyl (C=O) groups excluding carboxylic acids is 1. The Kier molecular flexibility index (Phi) is 5.49. The SMILES string of the molecule is CCOC(=O)CCCCCn1cnc2ccccc2c1=O. The minimum atomic E-state index is -0.151. The molecule has 0 unspecified atom stereocenters. The van der Waals surface area contributed by atoms with E-state index in [-0.39, 0.29) is 11.5 Å². The molecule has 0 spiro atoms. The molecule has 2 aromatic rings. The van der Waals surface area contributed by atoms with Crippen molar-refractivity contribution < 1.29 is 9.53 Å². The Morgan fingerprint density at radius 3 is 2.86 bits per heavy atom. The van der Waals surface area contributed by atoms with Crippen molar-refractivity contribution in [3.63, 3.8) is 0 Å². The van der Waals surface area contributed by atoms with Gasteiger partial charge in [0.1, 0.15) is 0 Å². The lowest BCUT2D eigenvalue weighted by Gasteiger charge is -2.06. The average Bonchev–Trinajstić information content (AvgIpc) is 2.49. The summed E-state index contributed by atoms with van der Waals surface area (Å²) in [5, 5.41) is 0.645. The Morgan fingerprint density at radius 2 is 2.05 bits per heavy atom. The first kappa shape index (κ1) is 15.2. The molecule has 0 atom stereocenters. The summed E-state index contributed by atoms with van der Waals surface area (Å²) in [5.41, 5.74) is 0.715. The zero-order valence-corrected chi connectivity index (χ0v) is 12.2. The van der Waals surface area contributed by atoms with Gasteiger partial charge in [-0.05, 0) is 31.9 Å². The van der Waals surface area contributed by atoms with Gasteiger partial charge in [-0.15, -0.1) is 0 Å². The molecule has 5 heteroatoms. The van der Waals surface area contributed by atoms with Crippen molar-refractivity contribution in [3.8, 4) is 0 Å². The molecule has 0 aliphatic rings. The Balaban J connectivity index is 1.85. The van der Waals surface area contributed by atoms with Gasteiger partial charge in [0.15, 0.2) is 0 Å². The highest BCUT2D eigenvalue weighted by molar-refractivity contribution is 5.76. The van der Waals surface area contributed by atoms with E-state index < -0.39 is 0 Å². The second kappa shape index (κ2) is 7.57. The van der Waals surface area contributed by atoms with Gasteiger partial charge in [0.2, 0.25) is 0 Å². The van der Waals surface area contributed by atoms with Crippen LogP contribution in [0, 0.1) is 0 Å². The monoisotopic (exact) mass is 288 g/mol. The molecule has 0 aliphatic heterocycles. The number of para-hydroxylation sites is 1. The van der Waals surface area contributed by atoms with E-state index in [1.54, 1.807) is 23.9 Å². The molecule has 1 aromatic heterocycles. The van der Waals surface area contributed by atoms with E-state index in [9.17, 15) is 9.59 Å². The van der Waals surface area contributed by atoms with Crippen LogP contribution >= 0.6 is 0 Å². The van der Waals surface area contributed by atoms with Gasteiger partial charge < -0.3 is 4.74 Å². The molecule has 0 fully saturated rings. The summed E-state index contributed by atoms with van der Waals surface area (Å²) in [6.45, 7) is 2.85. The number of ether oxygens (including phenoxy) is 1. The maximum absolute atomic E-state index is 12.2. The molecule has 0 bridgehead atoms. The quantitative estimate of drug-likeness (QED) is 0.580. The number of carbonyl (C=O) groups is 1. The predicted octanol–water partition coefficient (Wildman–Crippen LogP) is 2.52. The second-order valence-corrected chi connectivity index (χ2v) is 4.88. The summed E-state index contributed by atoms with van der Waals surface area (Å²) in [6, 6.07) is 7.34. The van der Waals surface area contributed by atoms with Gasteiger partial charge in [0, 0.05) is 13.0 Å². The van der Waals surface area contributed by atoms with Crippen LogP contribution in [0.4, 0.5) is 0 Å². The van der Waals surface area contributed by atoms with Gasteiger partial charge in [-0.25, -0.2) is 4.98 Å². The summed E-state index contributed by atoms with van der Waals surface area (Å²) in [6.07, 6.45) is 4.56. The maximum atomic E-state index is 12.2. The fourth-order valence-electron chi connectivity index (χ4n) is 2.23. The van der Waals surface area contributed by atoms with Crippen LogP contribution in [0.3, 0.4) is 0 Å². The first-order valence-electron chi connectivity index (χ1n) is 7.32. The maximum Gasteiger partial charge on any atom is 0.305 e. The van der Waals surface area contributed by atoms with Gasteiger partial charge in [0.25, 0.3) is 5.56 Å². The van der Waals surface area contributed by atoms with Crippen LogP contribution in [-0.4, -0.2) is 22.1 Å². The van der Waals surface area contributed by atoms with E-state index in [2.05, 4.69) is 4.98 Å². The number of hydrogen-bond donors (Lipinski definition) is 0. The number of hydrogen-bond acceptors (Lipinski definition) is 4. The van der Waals surface area contributed by atoms with E-state index in [4.69, 9.17) is 4.74 Å². The largest absolute Gasteiger partial charge is 0.466 e. The Labute approximate surface area is 123 Å². The first-order chi connectivity index (χ1) is 10.2. The molecule has 5 nitrogen and oxygen atoms in total. The summed E-state index contributed by atoms with van der Waals surface area (Å²) in [7, 11) is 0. The van der Waals surface area contributed by atoms with E-state index in [1.807, 2.05) is 18.2 Å². The molecule has 0 saturated heterocycles. The van der Waals surface area contributed by atoms with Crippen molar-refractivity contribution in [2.24, 2.45) is 0 Å². The fourth-order valence-corrected chi connectivity index (χ4v) is 2.23. The topological polar surface area (TPSA) is 61.2 Å². The molecule has 0 saturated carbocycles. The minimum absolute atomic E-state index is 0.00834. The van der Waals surface area contributed by atoms with Crippen LogP contribution in [0.15, 0.2) is 35.4 Å². The Bertz CT molecular complexity index is 664. The minimum Gasteiger partial charge on any atom is -0.466 e. The Morgan fingerprint density at radius 1 is 1.24 bits per heavy atom. The molecular formula is C16H20N2O3. The van der Waals surface area contributed by atoms with Crippen molar-refractivity contribution in [1.29, 1.82) is 0 Å². The van der Waals surface area contributed by atoms with E-state index in [0.717, 1.165) is 24.8 Å². The van der Waals surface area contributed by atoms with Crippen LogP contribution in [-0.2, 0) is 16.1 Å². The molecule has 1 aromatic carbocycles. The van der Waals surface area contributed by atoms with Crippen molar-refractivity contribution in [1.82, 2.24) is 9.55 Å². The predicted molar refractivity (Wildman–Crippen MR) is 81.1 cm³/mol. The van der Waals surface area contributed by atoms with E-state index in [0.29, 0.717) is 25.0 Å². The number of unbranched alkanes of at least 4 members (excludes halogenated alkanes) is 2. The molecule has 0 radical (unpaired) electrons. The molecule has 0 amide bonds. The van der Waals surface area contributed by atoms with E-state index in [1.165, 1.54) is 0 Å². The van der Waals surface area contributed by atoms with Crippen LogP contribution < -0.4 is 5.56 Å². The molecule has 2 rings (SSSR count). The summed E-state index contributed by atoms with van der Waals surface area (Å²) >= 11 is 0. The van der Waals surface area contributed by atoms with E-state index >= 15 is 0 Å². The van der Waals surface area contributed by atoms with Gasteiger partial charge in [-0.2, -0.15) is 0 Å². The van der Waals surface area contributed by atoms with Crippen molar-refractivity contribution in [2.45, 2.75) is 39.2 Å². The fraction of sp³-hybridized carbons (Fsp3) is 0.438. The number of esters is 1. The number of benzene rings is 1. The molecule has 21 heavy (non-hydrogen) atoms. The lowest BCUT2D eigenvalue weighted by molar-refractivity contribution is -0.143. The van der Waals surface area contributed by atoms with Gasteiger partial charge >= 0.3 is 5.97 Å². The highest BCUT2D eigenvalue weighted by atomic mass is 16.5. The van der Waals surface area contributed by atoms with Crippen LogP contribution in [0.2, 0.25) is 0 Å². The number of aromatic nitrogens is 2. The highest BCUT2D eigenvalue weighted by Gasteiger charge is 2.04. The number of fused-ring (bicyclic) bond motifs is 1. The third kappa shape index (κ3) is 4.15. The number of aryl methyl sites for hydroxylation is 1. The zero-order chi connectivity index (χ0) is 15.1. The molecule has 112 valence electrons. The summed E-state index contributed by atoms with van der Waals surface area (Å²) in [4.78, 5) is 27.7. The van der Waals surface area contributed by atoms with Crippen molar-refractivity contribution in [3.05, 3.63) is 40.9 Å². The molecular weight excluding hydrogens is 268 g/mol. The smallest absolute Gasteiger partial charge is 0.305 e. The Hall–Kier alpha value is -2.17. The molecule has 0 N–H and O–H groups in total. The van der Waals surface area contributed by atoms with Gasteiger partial charge in [0.05, 0.1) is 23.8 Å². The van der Waals surface area contributed by atoms with Gasteiger partial charge in [-0.1, -0.05) is 18.6 Å². The number of nitrogens with zero attached hydrogens (tertiary/aromatic N) is 2. The highest BCUT2D eigenvalue weighted by Crippen LogP contribution is 2.06. The first-order valence-corrected chi connectivity index (χ1v) is 7.32. The van der Waals surface area contributed by atoms with Crippen LogP contribution in [0.1, 0.15) is 32.6 Å². The van der Waals surface area contributed by atoms with Crippen molar-refractivity contribution in [2.75, 3.05) is 6.61 Å². The van der Waals surface area contributed by atoms with Crippen LogP contribution in [0.25, 0.3) is 10.9 Å². The average molecular weight is 288 g/mol. The summed E-state index contributed by atoms with van der Waals surface area (Å²) in [5.74, 6) is -0.151. The molecule has 0 aliphatic carbocycles. The lowest BCUT2D eigenvalue weighted by Crippen LogP contribution is -2.20. The third-order valence-corrected chi connectivity index (χ3v) is 3.32. The van der Waals surface area contributed by atoms with Gasteiger partial charge in [-0.3, -0.25) is 14.2 Å². The third-order valence-electron chi connectivity index (χ3n) is 3.32. The van der Waals surface area contributed by atoms with Crippen LogP contribution in [0.5, 0.6) is 0 Å². The van der Waals surface area contributed by atoms with Crippen molar-refractivity contribution >= 4 is 16.9 Å². The number of rotatable bonds is 7.